The normalized spacial score (nSPS) is 21.8. The molecule has 0 heterocycles. The molecule has 0 aliphatic heterocycles. The molecule has 116 valence electrons. The van der Waals surface area contributed by atoms with Crippen molar-refractivity contribution in [2.75, 3.05) is 25.5 Å². The highest BCUT2D eigenvalue weighted by atomic mass is 16.5. The highest BCUT2D eigenvalue weighted by molar-refractivity contribution is 5.92. The summed E-state index contributed by atoms with van der Waals surface area (Å²) in [5.74, 6) is 2.40. The number of amides is 1. The van der Waals surface area contributed by atoms with Gasteiger partial charge in [0.25, 0.3) is 0 Å². The molecule has 1 aliphatic carbocycles. The standard InChI is InChI=1S/C17H26N2O2/c1-13-3-5-14(6-4-13)11-18-12-17(20)19-15-7-9-16(21-2)10-8-15/h7-10,13-14,18H,3-6,11-12H2,1-2H3,(H,19,20). The van der Waals surface area contributed by atoms with Gasteiger partial charge in [-0.3, -0.25) is 4.79 Å². The number of hydrogen-bond donors (Lipinski definition) is 2. The number of methoxy groups -OCH3 is 1. The van der Waals surface area contributed by atoms with E-state index in [1.165, 1.54) is 25.7 Å². The van der Waals surface area contributed by atoms with Gasteiger partial charge in [0, 0.05) is 5.69 Å². The molecule has 2 rings (SSSR count). The zero-order valence-electron chi connectivity index (χ0n) is 13.0. The Bertz CT molecular complexity index is 437. The first-order valence-electron chi connectivity index (χ1n) is 7.82. The van der Waals surface area contributed by atoms with Crippen LogP contribution in [0.25, 0.3) is 0 Å². The minimum Gasteiger partial charge on any atom is -0.497 e. The number of anilines is 1. The molecule has 1 amide bonds. The average Bonchev–Trinajstić information content (AvgIpc) is 2.50. The zero-order chi connectivity index (χ0) is 15.1. The maximum Gasteiger partial charge on any atom is 0.238 e. The Labute approximate surface area is 127 Å². The number of benzene rings is 1. The molecule has 0 radical (unpaired) electrons. The molecule has 21 heavy (non-hydrogen) atoms. The second-order valence-corrected chi connectivity index (χ2v) is 6.03. The number of carbonyl (C=O) groups is 1. The van der Waals surface area contributed by atoms with Gasteiger partial charge >= 0.3 is 0 Å². The molecule has 1 aromatic carbocycles. The van der Waals surface area contributed by atoms with Crippen molar-refractivity contribution < 1.29 is 9.53 Å². The van der Waals surface area contributed by atoms with Crippen LogP contribution in [0.5, 0.6) is 5.75 Å². The van der Waals surface area contributed by atoms with Crippen LogP contribution in [0.4, 0.5) is 5.69 Å². The smallest absolute Gasteiger partial charge is 0.238 e. The first kappa shape index (κ1) is 15.8. The van der Waals surface area contributed by atoms with E-state index in [4.69, 9.17) is 4.74 Å². The molecule has 1 aliphatic rings. The first-order valence-corrected chi connectivity index (χ1v) is 7.82. The van der Waals surface area contributed by atoms with E-state index in [0.717, 1.165) is 29.8 Å². The van der Waals surface area contributed by atoms with Gasteiger partial charge in [-0.15, -0.1) is 0 Å². The van der Waals surface area contributed by atoms with Crippen LogP contribution in [0.3, 0.4) is 0 Å². The molecular formula is C17H26N2O2. The Hall–Kier alpha value is -1.55. The van der Waals surface area contributed by atoms with E-state index >= 15 is 0 Å². The highest BCUT2D eigenvalue weighted by Gasteiger charge is 2.17. The molecule has 2 N–H and O–H groups in total. The number of hydrogen-bond acceptors (Lipinski definition) is 3. The SMILES string of the molecule is COc1ccc(NC(=O)CNCC2CCC(C)CC2)cc1. The van der Waals surface area contributed by atoms with Gasteiger partial charge in [-0.25, -0.2) is 0 Å². The summed E-state index contributed by atoms with van der Waals surface area (Å²) in [6.07, 6.45) is 5.22. The fourth-order valence-corrected chi connectivity index (χ4v) is 2.80. The third kappa shape index (κ3) is 5.38. The fourth-order valence-electron chi connectivity index (χ4n) is 2.80. The second-order valence-electron chi connectivity index (χ2n) is 6.03. The third-order valence-corrected chi connectivity index (χ3v) is 4.23. The van der Waals surface area contributed by atoms with Gasteiger partial charge in [-0.2, -0.15) is 0 Å². The molecule has 1 saturated carbocycles. The zero-order valence-corrected chi connectivity index (χ0v) is 13.0. The average molecular weight is 290 g/mol. The lowest BCUT2D eigenvalue weighted by molar-refractivity contribution is -0.115. The predicted molar refractivity (Wildman–Crippen MR) is 85.6 cm³/mol. The Kier molecular flexibility index (Phi) is 6.05. The van der Waals surface area contributed by atoms with Crippen molar-refractivity contribution in [2.24, 2.45) is 11.8 Å². The molecule has 1 aromatic rings. The van der Waals surface area contributed by atoms with Crippen LogP contribution in [0.15, 0.2) is 24.3 Å². The van der Waals surface area contributed by atoms with Gasteiger partial charge in [0.05, 0.1) is 13.7 Å². The van der Waals surface area contributed by atoms with Gasteiger partial charge in [0.1, 0.15) is 5.75 Å². The van der Waals surface area contributed by atoms with E-state index in [0.29, 0.717) is 6.54 Å². The van der Waals surface area contributed by atoms with Crippen LogP contribution in [0.1, 0.15) is 32.6 Å². The van der Waals surface area contributed by atoms with E-state index in [1.54, 1.807) is 7.11 Å². The molecule has 0 unspecified atom stereocenters. The molecule has 1 fully saturated rings. The van der Waals surface area contributed by atoms with Crippen molar-refractivity contribution in [3.05, 3.63) is 24.3 Å². The summed E-state index contributed by atoms with van der Waals surface area (Å²) >= 11 is 0. The van der Waals surface area contributed by atoms with E-state index in [1.807, 2.05) is 24.3 Å². The lowest BCUT2D eigenvalue weighted by Crippen LogP contribution is -2.32. The number of rotatable bonds is 6. The summed E-state index contributed by atoms with van der Waals surface area (Å²) in [5.41, 5.74) is 0.800. The van der Waals surface area contributed by atoms with Gasteiger partial charge in [0.2, 0.25) is 5.91 Å². The number of nitrogens with one attached hydrogen (secondary N) is 2. The van der Waals surface area contributed by atoms with E-state index in [-0.39, 0.29) is 5.91 Å². The van der Waals surface area contributed by atoms with Crippen molar-refractivity contribution in [3.63, 3.8) is 0 Å². The minimum atomic E-state index is 0.00402. The molecule has 4 heteroatoms. The van der Waals surface area contributed by atoms with E-state index < -0.39 is 0 Å². The number of carbonyl (C=O) groups excluding carboxylic acids is 1. The van der Waals surface area contributed by atoms with E-state index in [2.05, 4.69) is 17.6 Å². The summed E-state index contributed by atoms with van der Waals surface area (Å²) in [7, 11) is 1.63. The van der Waals surface area contributed by atoms with Crippen molar-refractivity contribution in [1.29, 1.82) is 0 Å². The maximum absolute atomic E-state index is 11.9. The van der Waals surface area contributed by atoms with Gasteiger partial charge in [0.15, 0.2) is 0 Å². The Morgan fingerprint density at radius 3 is 2.48 bits per heavy atom. The van der Waals surface area contributed by atoms with Crippen molar-refractivity contribution >= 4 is 11.6 Å². The molecule has 0 spiro atoms. The lowest BCUT2D eigenvalue weighted by atomic mass is 9.83. The largest absolute Gasteiger partial charge is 0.497 e. The summed E-state index contributed by atoms with van der Waals surface area (Å²) < 4.78 is 5.09. The molecule has 0 aromatic heterocycles. The summed E-state index contributed by atoms with van der Waals surface area (Å²) in [5, 5.41) is 6.16. The van der Waals surface area contributed by atoms with Crippen LogP contribution in [0, 0.1) is 11.8 Å². The molecule has 0 bridgehead atoms. The monoisotopic (exact) mass is 290 g/mol. The van der Waals surface area contributed by atoms with Crippen LogP contribution < -0.4 is 15.4 Å². The topological polar surface area (TPSA) is 50.4 Å². The first-order chi connectivity index (χ1) is 10.2. The second kappa shape index (κ2) is 8.03. The van der Waals surface area contributed by atoms with Crippen molar-refractivity contribution in [3.8, 4) is 5.75 Å². The Morgan fingerprint density at radius 2 is 1.86 bits per heavy atom. The predicted octanol–water partition coefficient (Wildman–Crippen LogP) is 3.05. The van der Waals surface area contributed by atoms with Crippen LogP contribution in [0.2, 0.25) is 0 Å². The summed E-state index contributed by atoms with van der Waals surface area (Å²) in [4.78, 5) is 11.9. The molecule has 0 atom stereocenters. The van der Waals surface area contributed by atoms with Crippen LogP contribution in [-0.4, -0.2) is 26.1 Å². The molecule has 4 nitrogen and oxygen atoms in total. The van der Waals surface area contributed by atoms with Gasteiger partial charge < -0.3 is 15.4 Å². The van der Waals surface area contributed by atoms with Crippen molar-refractivity contribution in [2.45, 2.75) is 32.6 Å². The summed E-state index contributed by atoms with van der Waals surface area (Å²) in [6.45, 7) is 3.65. The quantitative estimate of drug-likeness (QED) is 0.846. The van der Waals surface area contributed by atoms with Gasteiger partial charge in [-0.05, 0) is 55.5 Å². The number of ether oxygens (including phenoxy) is 1. The van der Waals surface area contributed by atoms with E-state index in [9.17, 15) is 4.79 Å². The van der Waals surface area contributed by atoms with Crippen LogP contribution in [-0.2, 0) is 4.79 Å². The maximum atomic E-state index is 11.9. The van der Waals surface area contributed by atoms with Gasteiger partial charge in [-0.1, -0.05) is 19.8 Å². The Balaban J connectivity index is 1.65. The fraction of sp³-hybridized carbons (Fsp3) is 0.588. The third-order valence-electron chi connectivity index (χ3n) is 4.23. The van der Waals surface area contributed by atoms with Crippen LogP contribution >= 0.6 is 0 Å². The lowest BCUT2D eigenvalue weighted by Gasteiger charge is -2.26. The molecule has 0 saturated heterocycles. The Morgan fingerprint density at radius 1 is 1.19 bits per heavy atom. The highest BCUT2D eigenvalue weighted by Crippen LogP contribution is 2.27. The summed E-state index contributed by atoms with van der Waals surface area (Å²) in [6, 6.07) is 7.37. The molecular weight excluding hydrogens is 264 g/mol. The van der Waals surface area contributed by atoms with Crippen molar-refractivity contribution in [1.82, 2.24) is 5.32 Å². The minimum absolute atomic E-state index is 0.00402.